The van der Waals surface area contributed by atoms with Crippen LogP contribution in [0.3, 0.4) is 0 Å². The lowest BCUT2D eigenvalue weighted by Crippen LogP contribution is -2.48. The fourth-order valence-corrected chi connectivity index (χ4v) is 3.95. The molecular formula is C18H23N3O2. The van der Waals surface area contributed by atoms with Gasteiger partial charge in [0, 0.05) is 19.7 Å². The topological polar surface area (TPSA) is 47.4 Å². The Bertz CT molecular complexity index is 708. The van der Waals surface area contributed by atoms with Crippen molar-refractivity contribution < 1.29 is 9.53 Å². The molecule has 1 aromatic carbocycles. The minimum absolute atomic E-state index is 0.0573. The number of carbonyl (C=O) groups excluding carboxylic acids is 1. The van der Waals surface area contributed by atoms with Crippen molar-refractivity contribution >= 4 is 16.9 Å². The molecule has 4 rings (SSSR count). The molecular weight excluding hydrogens is 290 g/mol. The molecule has 0 unspecified atom stereocenters. The normalized spacial score (nSPS) is 21.9. The van der Waals surface area contributed by atoms with Crippen molar-refractivity contribution in [3.8, 4) is 0 Å². The number of imidazole rings is 1. The van der Waals surface area contributed by atoms with Gasteiger partial charge in [0.05, 0.1) is 23.0 Å². The first kappa shape index (κ1) is 14.7. The number of nitrogens with zero attached hydrogens (tertiary/aromatic N) is 3. The van der Waals surface area contributed by atoms with Gasteiger partial charge in [0.25, 0.3) is 0 Å². The van der Waals surface area contributed by atoms with Gasteiger partial charge < -0.3 is 14.2 Å². The summed E-state index contributed by atoms with van der Waals surface area (Å²) in [5.74, 6) is 0.181. The van der Waals surface area contributed by atoms with Gasteiger partial charge in [0.2, 0.25) is 5.91 Å². The highest BCUT2D eigenvalue weighted by atomic mass is 16.5. The number of para-hydroxylation sites is 2. The molecule has 5 nitrogen and oxygen atoms in total. The lowest BCUT2D eigenvalue weighted by atomic mass is 9.88. The first-order valence-corrected chi connectivity index (χ1v) is 8.53. The number of hydrogen-bond acceptors (Lipinski definition) is 3. The second kappa shape index (κ2) is 5.64. The molecule has 5 heteroatoms. The average Bonchev–Trinajstić information content (AvgIpc) is 3.21. The van der Waals surface area contributed by atoms with Gasteiger partial charge in [-0.1, -0.05) is 12.1 Å². The molecule has 2 fully saturated rings. The van der Waals surface area contributed by atoms with Crippen LogP contribution in [0.5, 0.6) is 0 Å². The number of likely N-dealkylation sites (tertiary alicyclic amines) is 1. The summed E-state index contributed by atoms with van der Waals surface area (Å²) in [5.41, 5.74) is 2.01. The highest BCUT2D eigenvalue weighted by Gasteiger charge is 2.40. The summed E-state index contributed by atoms with van der Waals surface area (Å²) in [4.78, 5) is 19.3. The predicted molar refractivity (Wildman–Crippen MR) is 88.2 cm³/mol. The van der Waals surface area contributed by atoms with E-state index >= 15 is 0 Å². The Morgan fingerprint density at radius 3 is 2.78 bits per heavy atom. The van der Waals surface area contributed by atoms with Crippen molar-refractivity contribution in [2.75, 3.05) is 19.7 Å². The number of amides is 1. The summed E-state index contributed by atoms with van der Waals surface area (Å²) in [6, 6.07) is 7.73. The van der Waals surface area contributed by atoms with E-state index in [9.17, 15) is 4.79 Å². The number of rotatable bonds is 2. The van der Waals surface area contributed by atoms with E-state index in [-0.39, 0.29) is 17.6 Å². The van der Waals surface area contributed by atoms with Crippen LogP contribution in [-0.4, -0.2) is 45.7 Å². The third-order valence-electron chi connectivity index (χ3n) is 5.43. The molecule has 1 aromatic heterocycles. The highest BCUT2D eigenvalue weighted by Crippen LogP contribution is 2.36. The second-order valence-corrected chi connectivity index (χ2v) is 6.78. The van der Waals surface area contributed by atoms with Crippen molar-refractivity contribution in [3.63, 3.8) is 0 Å². The molecule has 1 amide bonds. The van der Waals surface area contributed by atoms with Crippen molar-refractivity contribution in [1.82, 2.24) is 14.5 Å². The molecule has 23 heavy (non-hydrogen) atoms. The predicted octanol–water partition coefficient (Wildman–Crippen LogP) is 2.77. The van der Waals surface area contributed by atoms with Crippen LogP contribution in [0, 0.1) is 0 Å². The number of ether oxygens (including phenoxy) is 1. The largest absolute Gasteiger partial charge is 0.375 e. The third-order valence-corrected chi connectivity index (χ3v) is 5.43. The number of aromatic nitrogens is 2. The standard InChI is InChI=1S/C18H23N3O2/c1-14(21-13-19-15-5-2-3-6-16(15)21)17(22)20-10-8-18(9-11-20)7-4-12-23-18/h2-3,5-6,13-14H,4,7-12H2,1H3/t14-/m0/s1. The summed E-state index contributed by atoms with van der Waals surface area (Å²) < 4.78 is 7.93. The summed E-state index contributed by atoms with van der Waals surface area (Å²) in [7, 11) is 0. The molecule has 2 aliphatic heterocycles. The minimum atomic E-state index is -0.221. The molecule has 1 atom stereocenters. The van der Waals surface area contributed by atoms with Gasteiger partial charge in [-0.05, 0) is 44.7 Å². The average molecular weight is 313 g/mol. The van der Waals surface area contributed by atoms with Crippen molar-refractivity contribution in [3.05, 3.63) is 30.6 Å². The third kappa shape index (κ3) is 2.53. The lowest BCUT2D eigenvalue weighted by molar-refractivity contribution is -0.139. The van der Waals surface area contributed by atoms with Gasteiger partial charge in [-0.2, -0.15) is 0 Å². The number of piperidine rings is 1. The Hall–Kier alpha value is -1.88. The first-order valence-electron chi connectivity index (χ1n) is 8.53. The zero-order chi connectivity index (χ0) is 15.9. The van der Waals surface area contributed by atoms with Gasteiger partial charge in [-0.25, -0.2) is 4.98 Å². The Balaban J connectivity index is 1.48. The van der Waals surface area contributed by atoms with Crippen LogP contribution in [0.25, 0.3) is 11.0 Å². The summed E-state index contributed by atoms with van der Waals surface area (Å²) in [6.45, 7) is 4.45. The molecule has 3 heterocycles. The van der Waals surface area contributed by atoms with E-state index in [1.807, 2.05) is 40.7 Å². The maximum atomic E-state index is 12.9. The van der Waals surface area contributed by atoms with E-state index in [2.05, 4.69) is 4.98 Å². The molecule has 0 N–H and O–H groups in total. The van der Waals surface area contributed by atoms with E-state index in [1.54, 1.807) is 6.33 Å². The SMILES string of the molecule is C[C@@H](C(=O)N1CCC2(CCCO2)CC1)n1cnc2ccccc21. The van der Waals surface area contributed by atoms with Gasteiger partial charge >= 0.3 is 0 Å². The number of carbonyl (C=O) groups is 1. The molecule has 0 radical (unpaired) electrons. The van der Waals surface area contributed by atoms with Crippen LogP contribution in [-0.2, 0) is 9.53 Å². The summed E-state index contributed by atoms with van der Waals surface area (Å²) in [5, 5.41) is 0. The molecule has 1 spiro atoms. The quantitative estimate of drug-likeness (QED) is 0.856. The summed E-state index contributed by atoms with van der Waals surface area (Å²) in [6.07, 6.45) is 6.02. The van der Waals surface area contributed by atoms with Gasteiger partial charge in [-0.3, -0.25) is 4.79 Å². The molecule has 2 aliphatic rings. The molecule has 2 saturated heterocycles. The molecule has 122 valence electrons. The Labute approximate surface area is 136 Å². The number of hydrogen-bond donors (Lipinski definition) is 0. The Morgan fingerprint density at radius 2 is 2.04 bits per heavy atom. The summed E-state index contributed by atoms with van der Waals surface area (Å²) >= 11 is 0. The van der Waals surface area contributed by atoms with Crippen molar-refractivity contribution in [2.24, 2.45) is 0 Å². The van der Waals surface area contributed by atoms with E-state index < -0.39 is 0 Å². The molecule has 0 bridgehead atoms. The fourth-order valence-electron chi connectivity index (χ4n) is 3.95. The zero-order valence-electron chi connectivity index (χ0n) is 13.6. The monoisotopic (exact) mass is 313 g/mol. The van der Waals surface area contributed by atoms with Gasteiger partial charge in [0.15, 0.2) is 0 Å². The van der Waals surface area contributed by atoms with Crippen molar-refractivity contribution in [2.45, 2.75) is 44.2 Å². The first-order chi connectivity index (χ1) is 11.2. The van der Waals surface area contributed by atoms with Crippen LogP contribution >= 0.6 is 0 Å². The zero-order valence-corrected chi connectivity index (χ0v) is 13.6. The van der Waals surface area contributed by atoms with Crippen LogP contribution < -0.4 is 0 Å². The smallest absolute Gasteiger partial charge is 0.245 e. The fraction of sp³-hybridized carbons (Fsp3) is 0.556. The maximum absolute atomic E-state index is 12.9. The van der Waals surface area contributed by atoms with E-state index in [0.29, 0.717) is 0 Å². The van der Waals surface area contributed by atoms with Crippen LogP contribution in [0.4, 0.5) is 0 Å². The highest BCUT2D eigenvalue weighted by molar-refractivity contribution is 5.83. The molecule has 0 saturated carbocycles. The van der Waals surface area contributed by atoms with Gasteiger partial charge in [-0.15, -0.1) is 0 Å². The van der Waals surface area contributed by atoms with Crippen LogP contribution in [0.15, 0.2) is 30.6 Å². The van der Waals surface area contributed by atoms with E-state index in [4.69, 9.17) is 4.74 Å². The Kier molecular flexibility index (Phi) is 3.60. The number of fused-ring (bicyclic) bond motifs is 1. The van der Waals surface area contributed by atoms with Crippen LogP contribution in [0.1, 0.15) is 38.6 Å². The van der Waals surface area contributed by atoms with Crippen LogP contribution in [0.2, 0.25) is 0 Å². The van der Waals surface area contributed by atoms with E-state index in [1.165, 1.54) is 0 Å². The van der Waals surface area contributed by atoms with E-state index in [0.717, 1.165) is 56.4 Å². The van der Waals surface area contributed by atoms with Crippen molar-refractivity contribution in [1.29, 1.82) is 0 Å². The lowest BCUT2D eigenvalue weighted by Gasteiger charge is -2.39. The van der Waals surface area contributed by atoms with Gasteiger partial charge in [0.1, 0.15) is 6.04 Å². The molecule has 0 aliphatic carbocycles. The maximum Gasteiger partial charge on any atom is 0.245 e. The number of benzene rings is 1. The molecule has 2 aromatic rings. The second-order valence-electron chi connectivity index (χ2n) is 6.78. The minimum Gasteiger partial charge on any atom is -0.375 e. The Morgan fingerprint density at radius 1 is 1.26 bits per heavy atom.